The number of carbonyl (C=O) groups excluding carboxylic acids is 1. The van der Waals surface area contributed by atoms with Gasteiger partial charge in [-0.2, -0.15) is 0 Å². The fourth-order valence-electron chi connectivity index (χ4n) is 9.62. The maximum absolute atomic E-state index is 13.8. The summed E-state index contributed by atoms with van der Waals surface area (Å²) in [4.78, 5) is 12.8. The average molecular weight is 1120 g/mol. The summed E-state index contributed by atoms with van der Waals surface area (Å²) in [5.74, 6) is -0.892. The number of hydrogen-bond donors (Lipinski definition) is 19. The van der Waals surface area contributed by atoms with Gasteiger partial charge in [0.25, 0.3) is 0 Å². The van der Waals surface area contributed by atoms with Crippen LogP contribution in [-0.4, -0.2) is 330 Å². The molecule has 6 aliphatic rings. The minimum atomic E-state index is -2.24. The molecule has 0 aromatic rings. The van der Waals surface area contributed by atoms with E-state index in [1.165, 1.54) is 0 Å². The molecule has 76 heavy (non-hydrogen) atoms. The smallest absolute Gasteiger partial charge is 0.217 e. The van der Waals surface area contributed by atoms with Crippen molar-refractivity contribution < 1.29 is 153 Å². The van der Waals surface area contributed by atoms with Gasteiger partial charge in [-0.05, 0) is 25.8 Å². The summed E-state index contributed by atoms with van der Waals surface area (Å²) in [5, 5.41) is 186. The lowest BCUT2D eigenvalue weighted by Crippen LogP contribution is -2.70. The van der Waals surface area contributed by atoms with Gasteiger partial charge in [0, 0.05) is 13.5 Å². The first-order valence-electron chi connectivity index (χ1n) is 24.8. The van der Waals surface area contributed by atoms with Crippen LogP contribution >= 0.6 is 0 Å². The molecule has 0 saturated carbocycles. The monoisotopic (exact) mass is 1120 g/mol. The molecule has 33 heteroatoms. The molecule has 0 spiro atoms. The van der Waals surface area contributed by atoms with Crippen LogP contribution in [0, 0.1) is 0 Å². The normalized spacial score (nSPS) is 48.4. The van der Waals surface area contributed by atoms with Gasteiger partial charge in [0.05, 0.1) is 33.0 Å². The zero-order valence-corrected chi connectivity index (χ0v) is 41.0. The van der Waals surface area contributed by atoms with Crippen LogP contribution in [0.3, 0.4) is 0 Å². The topological polar surface area (TPSA) is 510 Å². The molecule has 32 nitrogen and oxygen atoms in total. The van der Waals surface area contributed by atoms with Crippen LogP contribution < -0.4 is 11.1 Å². The zero-order chi connectivity index (χ0) is 55.9. The third kappa shape index (κ3) is 14.1. The molecule has 0 aliphatic carbocycles. The second kappa shape index (κ2) is 28.8. The molecule has 0 radical (unpaired) electrons. The van der Waals surface area contributed by atoms with Crippen LogP contribution in [0.2, 0.25) is 0 Å². The predicted octanol–water partition coefficient (Wildman–Crippen LogP) is -11.8. The Kier molecular flexibility index (Phi) is 24.0. The molecule has 20 N–H and O–H groups in total. The SMILES string of the molecule is CC(=O)NC1C(O[C@@H]2OC(CO)[C@H](O)C(O)[C@@H]2O[C@@H]2OC(CF)[C@@H](O)C(O)C2O)[C@@H](O)C(CO)O[C@H]1OC1C(O)[C@@H](O[C@H]2C(CO)O[C@@H](O[C@@H]3C(CO)O[C@@H](OCCCCCN)C(O)C3O)C(O)C2O)OC(CO)[C@@H]1O. The Morgan fingerprint density at radius 3 is 1.36 bits per heavy atom. The lowest BCUT2D eigenvalue weighted by Gasteiger charge is -2.51. The molecule has 0 aromatic heterocycles. The lowest BCUT2D eigenvalue weighted by molar-refractivity contribution is -0.393. The quantitative estimate of drug-likeness (QED) is 0.0423. The number of rotatable bonds is 23. The van der Waals surface area contributed by atoms with E-state index >= 15 is 0 Å². The Hall–Kier alpha value is -1.80. The molecule has 1 amide bonds. The third-order valence-electron chi connectivity index (χ3n) is 13.9. The van der Waals surface area contributed by atoms with Gasteiger partial charge >= 0.3 is 0 Å². The molecule has 6 fully saturated rings. The van der Waals surface area contributed by atoms with Crippen molar-refractivity contribution in [3.63, 3.8) is 0 Å². The van der Waals surface area contributed by atoms with Crippen LogP contribution in [0.1, 0.15) is 26.2 Å². The van der Waals surface area contributed by atoms with E-state index in [1.54, 1.807) is 0 Å². The number of alkyl halides is 1. The van der Waals surface area contributed by atoms with Gasteiger partial charge in [0.15, 0.2) is 37.7 Å². The van der Waals surface area contributed by atoms with Crippen molar-refractivity contribution in [3.8, 4) is 0 Å². The van der Waals surface area contributed by atoms with Gasteiger partial charge in [-0.1, -0.05) is 0 Å². The Morgan fingerprint density at radius 2 is 0.816 bits per heavy atom. The second-order valence-electron chi connectivity index (χ2n) is 19.2. The van der Waals surface area contributed by atoms with Gasteiger partial charge in [-0.15, -0.1) is 0 Å². The van der Waals surface area contributed by atoms with Crippen LogP contribution in [0.4, 0.5) is 4.39 Å². The van der Waals surface area contributed by atoms with Crippen molar-refractivity contribution in [1.82, 2.24) is 5.32 Å². The van der Waals surface area contributed by atoms with Gasteiger partial charge < -0.3 is 155 Å². The van der Waals surface area contributed by atoms with Crippen molar-refractivity contribution >= 4 is 5.91 Å². The number of amides is 1. The summed E-state index contributed by atoms with van der Waals surface area (Å²) < 4.78 is 82.4. The molecule has 6 heterocycles. The highest BCUT2D eigenvalue weighted by molar-refractivity contribution is 5.73. The summed E-state index contributed by atoms with van der Waals surface area (Å²) in [6.07, 6.45) is -53.7. The van der Waals surface area contributed by atoms with E-state index in [-0.39, 0.29) is 6.61 Å². The number of unbranched alkanes of at least 4 members (excludes halogenated alkanes) is 2. The van der Waals surface area contributed by atoms with E-state index in [1.807, 2.05) is 0 Å². The fourth-order valence-corrected chi connectivity index (χ4v) is 9.62. The van der Waals surface area contributed by atoms with E-state index < -0.39 is 230 Å². The number of carbonyl (C=O) groups is 1. The number of halogens is 1. The summed E-state index contributed by atoms with van der Waals surface area (Å²) in [5.41, 5.74) is 5.50. The minimum absolute atomic E-state index is 0.104. The summed E-state index contributed by atoms with van der Waals surface area (Å²) in [6, 6.07) is -1.83. The highest BCUT2D eigenvalue weighted by atomic mass is 19.1. The Labute approximate surface area is 432 Å². The third-order valence-corrected chi connectivity index (χ3v) is 13.9. The zero-order valence-electron chi connectivity index (χ0n) is 41.0. The Balaban J connectivity index is 1.20. The Bertz CT molecular complexity index is 1740. The molecule has 30 atom stereocenters. The van der Waals surface area contributed by atoms with Gasteiger partial charge in [-0.25, -0.2) is 4.39 Å². The van der Waals surface area contributed by atoms with Crippen molar-refractivity contribution in [2.45, 2.75) is 210 Å². The van der Waals surface area contributed by atoms with Crippen LogP contribution in [-0.2, 0) is 61.6 Å². The molecule has 17 unspecified atom stereocenters. The standard InChI is InChI=1S/C43H75FN2O30/c1-13(52)46-20-35(74-43-37(26(58)22(54)15(8-47)69-43)76-40-29(61)25(57)21(53)14(7-44)66-40)23(55)16(9-48)67-38(20)75-36-24(56)17(10-49)68-42(32(36)64)73-34-19(12-51)71-41(31(63)28(34)60)72-33-18(11-50)70-39(30(62)27(33)59)65-6-4-2-3-5-45/h14-43,47-51,53-64H,2-12,45H2,1H3,(H,46,52)/t14?,15?,16?,17?,18?,19?,20?,21-,22+,23+,24+,25?,26?,27?,28?,29?,30?,31?,32?,33-,34+,35?,36?,37+,38+,39-,40+,41+,42-,43+/m1/s1. The largest absolute Gasteiger partial charge is 0.394 e. The minimum Gasteiger partial charge on any atom is -0.394 e. The fraction of sp³-hybridized carbons (Fsp3) is 0.977. The number of nitrogens with one attached hydrogen (secondary N) is 1. The maximum Gasteiger partial charge on any atom is 0.217 e. The molecule has 0 bridgehead atoms. The average Bonchev–Trinajstić information content (AvgIpc) is 3.40. The highest BCUT2D eigenvalue weighted by Gasteiger charge is 2.58. The maximum atomic E-state index is 13.8. The van der Waals surface area contributed by atoms with Gasteiger partial charge in [0.1, 0.15) is 153 Å². The Morgan fingerprint density at radius 1 is 0.421 bits per heavy atom. The van der Waals surface area contributed by atoms with Gasteiger partial charge in [0.2, 0.25) is 5.91 Å². The lowest BCUT2D eigenvalue weighted by atomic mass is 9.94. The second-order valence-corrected chi connectivity index (χ2v) is 19.2. The summed E-state index contributed by atoms with van der Waals surface area (Å²) in [6.45, 7) is -4.76. The van der Waals surface area contributed by atoms with Crippen LogP contribution in [0.5, 0.6) is 0 Å². The van der Waals surface area contributed by atoms with E-state index in [0.29, 0.717) is 25.8 Å². The van der Waals surface area contributed by atoms with E-state index in [2.05, 4.69) is 5.32 Å². The van der Waals surface area contributed by atoms with E-state index in [4.69, 9.17) is 62.6 Å². The van der Waals surface area contributed by atoms with Crippen molar-refractivity contribution in [3.05, 3.63) is 0 Å². The number of hydrogen-bond acceptors (Lipinski definition) is 31. The summed E-state index contributed by atoms with van der Waals surface area (Å²) >= 11 is 0. The number of aliphatic hydroxyl groups is 17. The van der Waals surface area contributed by atoms with Crippen LogP contribution in [0.25, 0.3) is 0 Å². The van der Waals surface area contributed by atoms with Gasteiger partial charge in [-0.3, -0.25) is 4.79 Å². The molecular weight excluding hydrogens is 1040 g/mol. The first-order valence-corrected chi connectivity index (χ1v) is 24.8. The van der Waals surface area contributed by atoms with Crippen molar-refractivity contribution in [2.24, 2.45) is 5.73 Å². The molecule has 444 valence electrons. The molecule has 6 saturated heterocycles. The van der Waals surface area contributed by atoms with Crippen LogP contribution in [0.15, 0.2) is 0 Å². The first-order chi connectivity index (χ1) is 36.2. The molecular formula is C43H75FN2O30. The van der Waals surface area contributed by atoms with E-state index in [9.17, 15) is 96.0 Å². The predicted molar refractivity (Wildman–Crippen MR) is 236 cm³/mol. The number of ether oxygens (including phenoxy) is 12. The number of aliphatic hydroxyl groups excluding tert-OH is 17. The van der Waals surface area contributed by atoms with Crippen molar-refractivity contribution in [2.75, 3.05) is 52.9 Å². The molecule has 6 rings (SSSR count). The summed E-state index contributed by atoms with van der Waals surface area (Å²) in [7, 11) is 0. The highest BCUT2D eigenvalue weighted by Crippen LogP contribution is 2.37. The first kappa shape index (κ1) is 63.4. The number of nitrogens with two attached hydrogens (primary N) is 1. The van der Waals surface area contributed by atoms with E-state index in [0.717, 1.165) is 6.92 Å². The molecule has 0 aromatic carbocycles. The van der Waals surface area contributed by atoms with Crippen molar-refractivity contribution in [1.29, 1.82) is 0 Å². The molecule has 6 aliphatic heterocycles.